The highest BCUT2D eigenvalue weighted by atomic mass is 79.9. The molecule has 0 radical (unpaired) electrons. The van der Waals surface area contributed by atoms with Crippen LogP contribution < -0.4 is 5.73 Å². The number of anilines is 1. The molecule has 11 heavy (non-hydrogen) atoms. The Morgan fingerprint density at radius 2 is 2.27 bits per heavy atom. The van der Waals surface area contributed by atoms with Gasteiger partial charge in [-0.3, -0.25) is 4.79 Å². The SMILES string of the molecule is CC(=O)c1ccc(N)nc1Br. The molecule has 2 N–H and O–H groups in total. The van der Waals surface area contributed by atoms with E-state index in [0.717, 1.165) is 0 Å². The summed E-state index contributed by atoms with van der Waals surface area (Å²) in [5.74, 6) is 0.381. The summed E-state index contributed by atoms with van der Waals surface area (Å²) in [7, 11) is 0. The van der Waals surface area contributed by atoms with Crippen LogP contribution in [-0.2, 0) is 0 Å². The zero-order valence-electron chi connectivity index (χ0n) is 5.97. The number of hydrogen-bond acceptors (Lipinski definition) is 3. The van der Waals surface area contributed by atoms with Gasteiger partial charge in [-0.1, -0.05) is 0 Å². The van der Waals surface area contributed by atoms with Crippen molar-refractivity contribution in [2.75, 3.05) is 5.73 Å². The molecule has 0 saturated carbocycles. The molecule has 0 saturated heterocycles. The fraction of sp³-hybridized carbons (Fsp3) is 0.143. The number of nitrogens with zero attached hydrogens (tertiary/aromatic N) is 1. The van der Waals surface area contributed by atoms with E-state index < -0.39 is 0 Å². The standard InChI is InChI=1S/C7H7BrN2O/c1-4(11)5-2-3-6(9)10-7(5)8/h2-3H,1H3,(H2,9,10). The van der Waals surface area contributed by atoms with E-state index in [1.54, 1.807) is 12.1 Å². The van der Waals surface area contributed by atoms with E-state index >= 15 is 0 Å². The molecule has 4 heteroatoms. The van der Waals surface area contributed by atoms with E-state index in [1.807, 2.05) is 0 Å². The highest BCUT2D eigenvalue weighted by Crippen LogP contribution is 2.15. The first-order valence-corrected chi connectivity index (χ1v) is 3.83. The summed E-state index contributed by atoms with van der Waals surface area (Å²) in [5, 5.41) is 0. The van der Waals surface area contributed by atoms with Crippen molar-refractivity contribution in [2.24, 2.45) is 0 Å². The molecule has 0 aliphatic carbocycles. The third-order valence-corrected chi connectivity index (χ3v) is 1.85. The lowest BCUT2D eigenvalue weighted by atomic mass is 10.2. The summed E-state index contributed by atoms with van der Waals surface area (Å²) in [6.07, 6.45) is 0. The Kier molecular flexibility index (Phi) is 2.24. The summed E-state index contributed by atoms with van der Waals surface area (Å²) in [6, 6.07) is 3.25. The van der Waals surface area contributed by atoms with E-state index in [-0.39, 0.29) is 5.78 Å². The smallest absolute Gasteiger partial charge is 0.162 e. The van der Waals surface area contributed by atoms with Crippen LogP contribution >= 0.6 is 15.9 Å². The third kappa shape index (κ3) is 1.77. The van der Waals surface area contributed by atoms with E-state index in [4.69, 9.17) is 5.73 Å². The molecule has 58 valence electrons. The van der Waals surface area contributed by atoms with E-state index in [2.05, 4.69) is 20.9 Å². The van der Waals surface area contributed by atoms with E-state index in [9.17, 15) is 4.79 Å². The number of pyridine rings is 1. The Bertz CT molecular complexity index is 298. The zero-order valence-corrected chi connectivity index (χ0v) is 7.55. The van der Waals surface area contributed by atoms with Gasteiger partial charge in [0.2, 0.25) is 0 Å². The van der Waals surface area contributed by atoms with Crippen molar-refractivity contribution in [3.05, 3.63) is 22.3 Å². The summed E-state index contributed by atoms with van der Waals surface area (Å²) >= 11 is 3.14. The minimum absolute atomic E-state index is 0.0237. The zero-order chi connectivity index (χ0) is 8.43. The number of ketones is 1. The van der Waals surface area contributed by atoms with Crippen molar-refractivity contribution in [3.8, 4) is 0 Å². The molecule has 0 unspecified atom stereocenters. The molecule has 1 rings (SSSR count). The van der Waals surface area contributed by atoms with Gasteiger partial charge < -0.3 is 5.73 Å². The van der Waals surface area contributed by atoms with Crippen molar-refractivity contribution in [1.29, 1.82) is 0 Å². The average Bonchev–Trinajstić information content (AvgIpc) is 1.85. The quantitative estimate of drug-likeness (QED) is 0.572. The molecule has 0 aliphatic heterocycles. The van der Waals surface area contributed by atoms with Gasteiger partial charge in [0.1, 0.15) is 10.4 Å². The summed E-state index contributed by atoms with van der Waals surface area (Å²) in [4.78, 5) is 14.7. The van der Waals surface area contributed by atoms with Gasteiger partial charge in [0.05, 0.1) is 5.56 Å². The monoisotopic (exact) mass is 214 g/mol. The Hall–Kier alpha value is -0.900. The van der Waals surface area contributed by atoms with Gasteiger partial charge in [-0.15, -0.1) is 0 Å². The molecular weight excluding hydrogens is 208 g/mol. The highest BCUT2D eigenvalue weighted by Gasteiger charge is 2.05. The number of halogens is 1. The molecule has 3 nitrogen and oxygen atoms in total. The van der Waals surface area contributed by atoms with Crippen LogP contribution in [0.4, 0.5) is 5.82 Å². The number of carbonyl (C=O) groups excluding carboxylic acids is 1. The largest absolute Gasteiger partial charge is 0.384 e. The van der Waals surface area contributed by atoms with E-state index in [1.165, 1.54) is 6.92 Å². The highest BCUT2D eigenvalue weighted by molar-refractivity contribution is 9.10. The molecule has 0 spiro atoms. The second kappa shape index (κ2) is 3.00. The molecule has 0 fully saturated rings. The van der Waals surface area contributed by atoms with Crippen LogP contribution in [0.2, 0.25) is 0 Å². The molecule has 0 atom stereocenters. The van der Waals surface area contributed by atoms with E-state index in [0.29, 0.717) is 16.0 Å². The molecule has 1 aromatic rings. The van der Waals surface area contributed by atoms with Gasteiger partial charge >= 0.3 is 0 Å². The van der Waals surface area contributed by atoms with Gasteiger partial charge in [0, 0.05) is 0 Å². The van der Waals surface area contributed by atoms with Crippen LogP contribution in [0.15, 0.2) is 16.7 Å². The summed E-state index contributed by atoms with van der Waals surface area (Å²) in [5.41, 5.74) is 5.93. The summed E-state index contributed by atoms with van der Waals surface area (Å²) < 4.78 is 0.505. The van der Waals surface area contributed by atoms with Crippen LogP contribution in [0.3, 0.4) is 0 Å². The fourth-order valence-electron chi connectivity index (χ4n) is 0.711. The average molecular weight is 215 g/mol. The first-order chi connectivity index (χ1) is 5.11. The van der Waals surface area contributed by atoms with Gasteiger partial charge in [-0.25, -0.2) is 4.98 Å². The van der Waals surface area contributed by atoms with Crippen LogP contribution in [0.25, 0.3) is 0 Å². The van der Waals surface area contributed by atoms with Crippen molar-refractivity contribution < 1.29 is 4.79 Å². The normalized spacial score (nSPS) is 9.64. The van der Waals surface area contributed by atoms with Gasteiger partial charge in [0.25, 0.3) is 0 Å². The molecular formula is C7H7BrN2O. The fourth-order valence-corrected chi connectivity index (χ4v) is 1.33. The molecule has 0 aromatic carbocycles. The minimum atomic E-state index is -0.0237. The van der Waals surface area contributed by atoms with Gasteiger partial charge in [0.15, 0.2) is 5.78 Å². The first kappa shape index (κ1) is 8.20. The lowest BCUT2D eigenvalue weighted by Crippen LogP contribution is -1.98. The van der Waals surface area contributed by atoms with Crippen LogP contribution in [0, 0.1) is 0 Å². The molecule has 0 aliphatic rings. The molecule has 0 amide bonds. The van der Waals surface area contributed by atoms with Crippen molar-refractivity contribution in [2.45, 2.75) is 6.92 Å². The Morgan fingerprint density at radius 3 is 2.73 bits per heavy atom. The maximum Gasteiger partial charge on any atom is 0.162 e. The Morgan fingerprint density at radius 1 is 1.64 bits per heavy atom. The number of nitrogen functional groups attached to an aromatic ring is 1. The predicted molar refractivity (Wildman–Crippen MR) is 46.4 cm³/mol. The number of aromatic nitrogens is 1. The van der Waals surface area contributed by atoms with Crippen LogP contribution in [0.5, 0.6) is 0 Å². The van der Waals surface area contributed by atoms with Crippen LogP contribution in [0.1, 0.15) is 17.3 Å². The minimum Gasteiger partial charge on any atom is -0.384 e. The van der Waals surface area contributed by atoms with Gasteiger partial charge in [-0.05, 0) is 35.0 Å². The number of rotatable bonds is 1. The maximum absolute atomic E-state index is 10.9. The van der Waals surface area contributed by atoms with Crippen molar-refractivity contribution in [1.82, 2.24) is 4.98 Å². The number of Topliss-reactive ketones (excluding diaryl/α,β-unsaturated/α-hetero) is 1. The Balaban J connectivity index is 3.20. The lowest BCUT2D eigenvalue weighted by molar-refractivity contribution is 0.101. The van der Waals surface area contributed by atoms with Gasteiger partial charge in [-0.2, -0.15) is 0 Å². The molecule has 1 heterocycles. The topological polar surface area (TPSA) is 56.0 Å². The number of carbonyl (C=O) groups is 1. The predicted octanol–water partition coefficient (Wildman–Crippen LogP) is 1.63. The Labute approximate surface area is 72.7 Å². The van der Waals surface area contributed by atoms with Crippen molar-refractivity contribution >= 4 is 27.5 Å². The number of nitrogens with two attached hydrogens (primary N) is 1. The second-order valence-electron chi connectivity index (χ2n) is 2.13. The molecule has 1 aromatic heterocycles. The third-order valence-electron chi connectivity index (χ3n) is 1.25. The van der Waals surface area contributed by atoms with Crippen molar-refractivity contribution in [3.63, 3.8) is 0 Å². The lowest BCUT2D eigenvalue weighted by Gasteiger charge is -1.98. The maximum atomic E-state index is 10.9. The summed E-state index contributed by atoms with van der Waals surface area (Å²) in [6.45, 7) is 1.48. The first-order valence-electron chi connectivity index (χ1n) is 3.04. The second-order valence-corrected chi connectivity index (χ2v) is 2.88. The molecule has 0 bridgehead atoms. The van der Waals surface area contributed by atoms with Crippen LogP contribution in [-0.4, -0.2) is 10.8 Å². The number of hydrogen-bond donors (Lipinski definition) is 1.